The van der Waals surface area contributed by atoms with Crippen molar-refractivity contribution in [2.75, 3.05) is 6.26 Å². The first kappa shape index (κ1) is 22.9. The summed E-state index contributed by atoms with van der Waals surface area (Å²) in [4.78, 5) is 16.8. The third kappa shape index (κ3) is 4.45. The molecule has 0 aliphatic rings. The van der Waals surface area contributed by atoms with E-state index < -0.39 is 15.8 Å². The number of aromatic nitrogens is 8. The molecule has 3 N–H and O–H groups in total. The number of benzene rings is 1. The van der Waals surface area contributed by atoms with Crippen molar-refractivity contribution in [3.8, 4) is 33.9 Å². The predicted molar refractivity (Wildman–Crippen MR) is 136 cm³/mol. The quantitative estimate of drug-likeness (QED) is 0.307. The Morgan fingerprint density at radius 3 is 2.70 bits per heavy atom. The fourth-order valence-electron chi connectivity index (χ4n) is 4.19. The highest BCUT2D eigenvalue weighted by molar-refractivity contribution is 7.88. The molecule has 0 atom stereocenters. The number of pyridine rings is 2. The summed E-state index contributed by atoms with van der Waals surface area (Å²) in [6.45, 7) is -0.0363. The molecule has 0 unspecified atom stereocenters. The van der Waals surface area contributed by atoms with E-state index in [0.29, 0.717) is 39.2 Å². The van der Waals surface area contributed by atoms with Crippen LogP contribution in [-0.4, -0.2) is 54.6 Å². The van der Waals surface area contributed by atoms with Crippen molar-refractivity contribution >= 4 is 32.0 Å². The largest absolute Gasteiger partial charge is 0.335 e. The summed E-state index contributed by atoms with van der Waals surface area (Å²) in [7, 11) is -1.59. The number of H-pyrrole nitrogens is 2. The van der Waals surface area contributed by atoms with Gasteiger partial charge in [-0.1, -0.05) is 0 Å². The Kier molecular flexibility index (Phi) is 5.31. The van der Waals surface area contributed by atoms with E-state index in [4.69, 9.17) is 4.98 Å². The van der Waals surface area contributed by atoms with Gasteiger partial charge in [0.05, 0.1) is 47.1 Å². The van der Waals surface area contributed by atoms with E-state index in [1.54, 1.807) is 35.5 Å². The van der Waals surface area contributed by atoms with Gasteiger partial charge >= 0.3 is 0 Å². The van der Waals surface area contributed by atoms with Gasteiger partial charge in [-0.25, -0.2) is 22.5 Å². The first-order chi connectivity index (χ1) is 17.7. The second-order valence-corrected chi connectivity index (χ2v) is 10.5. The second-order valence-electron chi connectivity index (χ2n) is 8.70. The second kappa shape index (κ2) is 8.57. The highest BCUT2D eigenvalue weighted by atomic mass is 32.2. The summed E-state index contributed by atoms with van der Waals surface area (Å²) in [6, 6.07) is 6.28. The van der Waals surface area contributed by atoms with Crippen LogP contribution in [0.2, 0.25) is 0 Å². The van der Waals surface area contributed by atoms with Crippen LogP contribution in [0.3, 0.4) is 0 Å². The van der Waals surface area contributed by atoms with Crippen LogP contribution in [0.5, 0.6) is 0 Å². The smallest absolute Gasteiger partial charge is 0.209 e. The number of halogens is 1. The third-order valence-electron chi connectivity index (χ3n) is 5.87. The number of rotatable bonds is 6. The standard InChI is InChI=1S/C24H20FN9O2S/c1-34-12-15(8-28-34)19-6-17-20(11-27-19)32-33-23(17)24-30-21-10-26-9-18(22(21)31-24)14-3-13(4-16(25)5-14)7-29-37(2,35)36/h3-6,8-12,29H,7H2,1-2H3,(H,30,31)(H,32,33). The summed E-state index contributed by atoms with van der Waals surface area (Å²) in [5.74, 6) is 0.0125. The molecule has 6 aromatic rings. The lowest BCUT2D eigenvalue weighted by atomic mass is 10.0. The van der Waals surface area contributed by atoms with Crippen molar-refractivity contribution in [3.05, 3.63) is 66.6 Å². The molecule has 186 valence electrons. The number of aryl methyl sites for hydroxylation is 1. The zero-order chi connectivity index (χ0) is 25.7. The molecule has 6 rings (SSSR count). The molecule has 13 heteroatoms. The highest BCUT2D eigenvalue weighted by Gasteiger charge is 2.17. The average Bonchev–Trinajstić information content (AvgIpc) is 3.58. The van der Waals surface area contributed by atoms with Gasteiger partial charge in [0.2, 0.25) is 10.0 Å². The number of imidazole rings is 1. The van der Waals surface area contributed by atoms with E-state index in [-0.39, 0.29) is 6.54 Å². The third-order valence-corrected chi connectivity index (χ3v) is 6.54. The van der Waals surface area contributed by atoms with E-state index in [0.717, 1.165) is 28.4 Å². The normalized spacial score (nSPS) is 12.1. The summed E-state index contributed by atoms with van der Waals surface area (Å²) in [6.07, 6.45) is 9.62. The number of aromatic amines is 2. The van der Waals surface area contributed by atoms with Gasteiger partial charge < -0.3 is 4.98 Å². The molecule has 0 spiro atoms. The summed E-state index contributed by atoms with van der Waals surface area (Å²) < 4.78 is 41.5. The molecular weight excluding hydrogens is 497 g/mol. The van der Waals surface area contributed by atoms with Gasteiger partial charge in [-0.2, -0.15) is 10.2 Å². The highest BCUT2D eigenvalue weighted by Crippen LogP contribution is 2.32. The maximum atomic E-state index is 14.5. The lowest BCUT2D eigenvalue weighted by molar-refractivity contribution is 0.586. The number of sulfonamides is 1. The van der Waals surface area contributed by atoms with Gasteiger partial charge in [0.15, 0.2) is 5.82 Å². The Bertz CT molecular complexity index is 1910. The Hall–Kier alpha value is -4.49. The number of fused-ring (bicyclic) bond motifs is 2. The summed E-state index contributed by atoms with van der Waals surface area (Å²) in [5, 5.41) is 12.5. The average molecular weight is 518 g/mol. The van der Waals surface area contributed by atoms with Crippen LogP contribution in [0.15, 0.2) is 55.2 Å². The molecule has 0 saturated heterocycles. The molecule has 0 bridgehead atoms. The van der Waals surface area contributed by atoms with Crippen LogP contribution in [0.1, 0.15) is 5.56 Å². The van der Waals surface area contributed by atoms with Crippen LogP contribution < -0.4 is 4.72 Å². The van der Waals surface area contributed by atoms with Crippen molar-refractivity contribution in [2.45, 2.75) is 6.54 Å². The van der Waals surface area contributed by atoms with Crippen molar-refractivity contribution in [1.82, 2.24) is 44.6 Å². The molecule has 1 aromatic carbocycles. The molecule has 5 heterocycles. The van der Waals surface area contributed by atoms with E-state index >= 15 is 0 Å². The molecule has 11 nitrogen and oxygen atoms in total. The van der Waals surface area contributed by atoms with Gasteiger partial charge in [0.1, 0.15) is 11.5 Å². The maximum absolute atomic E-state index is 14.5. The number of nitrogens with zero attached hydrogens (tertiary/aromatic N) is 6. The Labute approximate surface area is 209 Å². The van der Waals surface area contributed by atoms with E-state index in [1.165, 1.54) is 12.1 Å². The van der Waals surface area contributed by atoms with E-state index in [1.807, 2.05) is 19.3 Å². The van der Waals surface area contributed by atoms with Gasteiger partial charge in [-0.05, 0) is 35.4 Å². The van der Waals surface area contributed by atoms with Crippen LogP contribution in [-0.2, 0) is 23.6 Å². The van der Waals surface area contributed by atoms with Gasteiger partial charge in [0, 0.05) is 42.5 Å². The molecule has 5 aromatic heterocycles. The van der Waals surface area contributed by atoms with Crippen LogP contribution in [0.25, 0.3) is 55.8 Å². The Morgan fingerprint density at radius 1 is 1.05 bits per heavy atom. The van der Waals surface area contributed by atoms with E-state index in [9.17, 15) is 12.8 Å². The summed E-state index contributed by atoms with van der Waals surface area (Å²) >= 11 is 0. The Morgan fingerprint density at radius 2 is 1.92 bits per heavy atom. The van der Waals surface area contributed by atoms with Crippen molar-refractivity contribution in [3.63, 3.8) is 0 Å². The van der Waals surface area contributed by atoms with Crippen molar-refractivity contribution in [1.29, 1.82) is 0 Å². The van der Waals surface area contributed by atoms with Crippen LogP contribution in [0.4, 0.5) is 4.39 Å². The molecule has 0 radical (unpaired) electrons. The van der Waals surface area contributed by atoms with Gasteiger partial charge in [-0.15, -0.1) is 0 Å². The first-order valence-electron chi connectivity index (χ1n) is 11.2. The molecule has 37 heavy (non-hydrogen) atoms. The van der Waals surface area contributed by atoms with Crippen LogP contribution >= 0.6 is 0 Å². The zero-order valence-electron chi connectivity index (χ0n) is 19.7. The number of hydrogen-bond donors (Lipinski definition) is 3. The molecule has 0 aliphatic carbocycles. The lowest BCUT2D eigenvalue weighted by Crippen LogP contribution is -2.21. The first-order valence-corrected chi connectivity index (χ1v) is 13.0. The summed E-state index contributed by atoms with van der Waals surface area (Å²) in [5.41, 5.74) is 5.78. The minimum Gasteiger partial charge on any atom is -0.335 e. The SMILES string of the molecule is Cn1cc(-c2cc3c(-c4nc5c(-c6cc(F)cc(CNS(C)(=O)=O)c6)cncc5[nH]4)n[nH]c3cn2)cn1. The Balaban J connectivity index is 1.43. The van der Waals surface area contributed by atoms with Crippen LogP contribution in [0, 0.1) is 5.82 Å². The number of nitrogens with one attached hydrogen (secondary N) is 3. The zero-order valence-corrected chi connectivity index (χ0v) is 20.5. The molecule has 0 amide bonds. The number of hydrogen-bond acceptors (Lipinski definition) is 7. The minimum atomic E-state index is -3.43. The lowest BCUT2D eigenvalue weighted by Gasteiger charge is -2.07. The predicted octanol–water partition coefficient (Wildman–Crippen LogP) is 3.15. The fraction of sp³-hybridized carbons (Fsp3) is 0.125. The minimum absolute atomic E-state index is 0.0363. The van der Waals surface area contributed by atoms with Gasteiger partial charge in [-0.3, -0.25) is 19.7 Å². The topological polar surface area (TPSA) is 147 Å². The molecule has 0 fully saturated rings. The fourth-order valence-corrected chi connectivity index (χ4v) is 4.62. The monoisotopic (exact) mass is 517 g/mol. The van der Waals surface area contributed by atoms with Crippen molar-refractivity contribution in [2.24, 2.45) is 7.05 Å². The van der Waals surface area contributed by atoms with Crippen molar-refractivity contribution < 1.29 is 12.8 Å². The maximum Gasteiger partial charge on any atom is 0.209 e. The molecular formula is C24H20FN9O2S. The van der Waals surface area contributed by atoms with E-state index in [2.05, 4.69) is 35.0 Å². The molecule has 0 saturated carbocycles. The van der Waals surface area contributed by atoms with Gasteiger partial charge in [0.25, 0.3) is 0 Å². The molecule has 0 aliphatic heterocycles.